The van der Waals surface area contributed by atoms with Crippen molar-refractivity contribution in [2.75, 3.05) is 0 Å². The van der Waals surface area contributed by atoms with Gasteiger partial charge < -0.3 is 5.73 Å². The van der Waals surface area contributed by atoms with Crippen molar-refractivity contribution < 1.29 is 0 Å². The van der Waals surface area contributed by atoms with E-state index in [1.807, 2.05) is 7.05 Å². The third kappa shape index (κ3) is 1.45. The monoisotopic (exact) mass is 195 g/mol. The van der Waals surface area contributed by atoms with Gasteiger partial charge in [-0.25, -0.2) is 14.6 Å². The zero-order valence-electron chi connectivity index (χ0n) is 7.14. The molecule has 0 aliphatic carbocycles. The Kier molecular flexibility index (Phi) is 2.07. The molecule has 0 saturated carbocycles. The van der Waals surface area contributed by atoms with Gasteiger partial charge in [-0.2, -0.15) is 5.10 Å². The topological polar surface area (TPSA) is 69.6 Å². The SMILES string of the molecule is Cn1ncnc1-c1cnc(CN)s1. The average molecular weight is 195 g/mol. The minimum absolute atomic E-state index is 0.475. The van der Waals surface area contributed by atoms with Gasteiger partial charge in [-0.05, 0) is 0 Å². The summed E-state index contributed by atoms with van der Waals surface area (Å²) in [6.07, 6.45) is 3.30. The number of nitrogens with two attached hydrogens (primary N) is 1. The van der Waals surface area contributed by atoms with E-state index in [0.29, 0.717) is 6.54 Å². The van der Waals surface area contributed by atoms with Crippen molar-refractivity contribution in [2.24, 2.45) is 12.8 Å². The van der Waals surface area contributed by atoms with Crippen LogP contribution in [0.15, 0.2) is 12.5 Å². The minimum atomic E-state index is 0.475. The van der Waals surface area contributed by atoms with Crippen LogP contribution in [-0.2, 0) is 13.6 Å². The Morgan fingerprint density at radius 1 is 1.54 bits per heavy atom. The average Bonchev–Trinajstić information content (AvgIpc) is 2.71. The molecular formula is C7H9N5S. The van der Waals surface area contributed by atoms with Crippen molar-refractivity contribution in [1.82, 2.24) is 19.7 Å². The van der Waals surface area contributed by atoms with Gasteiger partial charge in [-0.15, -0.1) is 11.3 Å². The molecule has 0 aromatic carbocycles. The van der Waals surface area contributed by atoms with E-state index in [4.69, 9.17) is 5.73 Å². The van der Waals surface area contributed by atoms with E-state index >= 15 is 0 Å². The van der Waals surface area contributed by atoms with Gasteiger partial charge in [0.1, 0.15) is 11.3 Å². The number of hydrogen-bond donors (Lipinski definition) is 1. The summed E-state index contributed by atoms with van der Waals surface area (Å²) in [5.74, 6) is 0.831. The van der Waals surface area contributed by atoms with Crippen molar-refractivity contribution in [2.45, 2.75) is 6.54 Å². The van der Waals surface area contributed by atoms with Crippen LogP contribution in [0.3, 0.4) is 0 Å². The van der Waals surface area contributed by atoms with E-state index < -0.39 is 0 Å². The van der Waals surface area contributed by atoms with Gasteiger partial charge >= 0.3 is 0 Å². The van der Waals surface area contributed by atoms with Gasteiger partial charge in [-0.3, -0.25) is 0 Å². The van der Waals surface area contributed by atoms with Crippen LogP contribution in [0, 0.1) is 0 Å². The summed E-state index contributed by atoms with van der Waals surface area (Å²) in [5, 5.41) is 4.90. The van der Waals surface area contributed by atoms with Crippen molar-refractivity contribution in [3.05, 3.63) is 17.5 Å². The molecule has 2 heterocycles. The second-order valence-corrected chi connectivity index (χ2v) is 3.64. The van der Waals surface area contributed by atoms with Gasteiger partial charge in [0, 0.05) is 19.8 Å². The largest absolute Gasteiger partial charge is 0.325 e. The van der Waals surface area contributed by atoms with Crippen LogP contribution >= 0.6 is 11.3 Å². The van der Waals surface area contributed by atoms with Gasteiger partial charge in [0.05, 0.1) is 4.88 Å². The first-order valence-corrected chi connectivity index (χ1v) is 4.62. The Hall–Kier alpha value is -1.27. The molecule has 2 rings (SSSR count). The Morgan fingerprint density at radius 2 is 2.38 bits per heavy atom. The lowest BCUT2D eigenvalue weighted by atomic mass is 10.5. The van der Waals surface area contributed by atoms with Crippen LogP contribution in [-0.4, -0.2) is 19.7 Å². The first-order chi connectivity index (χ1) is 6.31. The lowest BCUT2D eigenvalue weighted by Crippen LogP contribution is -1.93. The van der Waals surface area contributed by atoms with E-state index in [2.05, 4.69) is 15.1 Å². The predicted octanol–water partition coefficient (Wildman–Crippen LogP) is 0.397. The molecule has 2 aromatic heterocycles. The molecule has 5 nitrogen and oxygen atoms in total. The number of aryl methyl sites for hydroxylation is 1. The van der Waals surface area contributed by atoms with Crippen molar-refractivity contribution in [3.8, 4) is 10.7 Å². The normalized spacial score (nSPS) is 10.6. The van der Waals surface area contributed by atoms with Gasteiger partial charge in [0.25, 0.3) is 0 Å². The summed E-state index contributed by atoms with van der Waals surface area (Å²) in [5.41, 5.74) is 5.46. The van der Waals surface area contributed by atoms with Crippen molar-refractivity contribution >= 4 is 11.3 Å². The standard InChI is InChI=1S/C7H9N5S/c1-12-7(10-4-11-12)5-3-9-6(2-8)13-5/h3-4H,2,8H2,1H3. The molecule has 0 bridgehead atoms. The first-order valence-electron chi connectivity index (χ1n) is 3.80. The lowest BCUT2D eigenvalue weighted by molar-refractivity contribution is 0.776. The Morgan fingerprint density at radius 3 is 2.92 bits per heavy atom. The number of rotatable bonds is 2. The van der Waals surface area contributed by atoms with Gasteiger partial charge in [0.15, 0.2) is 5.82 Å². The van der Waals surface area contributed by atoms with Crippen molar-refractivity contribution in [1.29, 1.82) is 0 Å². The third-order valence-electron chi connectivity index (χ3n) is 1.66. The van der Waals surface area contributed by atoms with Crippen molar-refractivity contribution in [3.63, 3.8) is 0 Å². The number of hydrogen-bond acceptors (Lipinski definition) is 5. The molecule has 13 heavy (non-hydrogen) atoms. The summed E-state index contributed by atoms with van der Waals surface area (Å²) < 4.78 is 1.72. The summed E-state index contributed by atoms with van der Waals surface area (Å²) in [6.45, 7) is 0.475. The molecule has 0 aliphatic heterocycles. The molecule has 0 unspecified atom stereocenters. The number of aromatic nitrogens is 4. The Balaban J connectivity index is 2.41. The van der Waals surface area contributed by atoms with Crippen LogP contribution in [0.25, 0.3) is 10.7 Å². The molecule has 68 valence electrons. The molecule has 0 atom stereocenters. The second kappa shape index (κ2) is 3.23. The maximum Gasteiger partial charge on any atom is 0.169 e. The van der Waals surface area contributed by atoms with E-state index in [-0.39, 0.29) is 0 Å². The second-order valence-electron chi connectivity index (χ2n) is 2.53. The molecule has 2 aromatic rings. The number of nitrogens with zero attached hydrogens (tertiary/aromatic N) is 4. The molecule has 0 aliphatic rings. The maximum absolute atomic E-state index is 5.46. The summed E-state index contributed by atoms with van der Waals surface area (Å²) in [6, 6.07) is 0. The first kappa shape index (κ1) is 8.33. The maximum atomic E-state index is 5.46. The molecule has 0 fully saturated rings. The molecular weight excluding hydrogens is 186 g/mol. The van der Waals surface area contributed by atoms with Crippen LogP contribution in [0.5, 0.6) is 0 Å². The van der Waals surface area contributed by atoms with Crippen LogP contribution in [0.4, 0.5) is 0 Å². The fraction of sp³-hybridized carbons (Fsp3) is 0.286. The summed E-state index contributed by atoms with van der Waals surface area (Å²) >= 11 is 1.55. The van der Waals surface area contributed by atoms with E-state index in [1.54, 1.807) is 22.2 Å². The highest BCUT2D eigenvalue weighted by atomic mass is 32.1. The molecule has 0 spiro atoms. The smallest absolute Gasteiger partial charge is 0.169 e. The highest BCUT2D eigenvalue weighted by molar-refractivity contribution is 7.15. The van der Waals surface area contributed by atoms with Crippen LogP contribution < -0.4 is 5.73 Å². The van der Waals surface area contributed by atoms with E-state index in [9.17, 15) is 0 Å². The van der Waals surface area contributed by atoms with Crippen LogP contribution in [0.2, 0.25) is 0 Å². The highest BCUT2D eigenvalue weighted by Crippen LogP contribution is 2.22. The molecule has 2 N–H and O–H groups in total. The fourth-order valence-corrected chi connectivity index (χ4v) is 1.85. The zero-order chi connectivity index (χ0) is 9.26. The minimum Gasteiger partial charge on any atom is -0.325 e. The summed E-state index contributed by atoms with van der Waals surface area (Å²) in [7, 11) is 1.85. The van der Waals surface area contributed by atoms with E-state index in [0.717, 1.165) is 15.7 Å². The summed E-state index contributed by atoms with van der Waals surface area (Å²) in [4.78, 5) is 9.26. The third-order valence-corrected chi connectivity index (χ3v) is 2.68. The lowest BCUT2D eigenvalue weighted by Gasteiger charge is -1.92. The molecule has 0 amide bonds. The quantitative estimate of drug-likeness (QED) is 0.753. The zero-order valence-corrected chi connectivity index (χ0v) is 7.95. The van der Waals surface area contributed by atoms with Gasteiger partial charge in [-0.1, -0.05) is 0 Å². The van der Waals surface area contributed by atoms with Gasteiger partial charge in [0.2, 0.25) is 0 Å². The molecule has 0 saturated heterocycles. The Labute approximate surface area is 79.2 Å². The fourth-order valence-electron chi connectivity index (χ4n) is 1.03. The van der Waals surface area contributed by atoms with E-state index in [1.165, 1.54) is 6.33 Å². The van der Waals surface area contributed by atoms with Crippen LogP contribution in [0.1, 0.15) is 5.01 Å². The molecule has 0 radical (unpaired) electrons. The predicted molar refractivity (Wildman–Crippen MR) is 50.0 cm³/mol. The Bertz CT molecular complexity index is 404. The number of thiazole rings is 1. The highest BCUT2D eigenvalue weighted by Gasteiger charge is 2.07. The molecule has 6 heteroatoms.